The first-order chi connectivity index (χ1) is 13.2. The fourth-order valence-electron chi connectivity index (χ4n) is 3.50. The summed E-state index contributed by atoms with van der Waals surface area (Å²) in [5, 5.41) is 11.9. The van der Waals surface area contributed by atoms with Gasteiger partial charge >= 0.3 is 0 Å². The second-order valence-electron chi connectivity index (χ2n) is 6.88. The minimum Gasteiger partial charge on any atom is -0.381 e. The molecular weight excluding hydrogens is 489 g/mol. The third-order valence-corrected chi connectivity index (χ3v) is 5.36. The lowest BCUT2D eigenvalue weighted by atomic mass is 9.74. The summed E-state index contributed by atoms with van der Waals surface area (Å²) in [4.78, 5) is 4.36. The van der Waals surface area contributed by atoms with Crippen LogP contribution < -0.4 is 10.6 Å². The minimum absolute atomic E-state index is 0. The Hall–Kier alpha value is -1.32. The summed E-state index contributed by atoms with van der Waals surface area (Å²) in [6.45, 7) is 4.07. The molecule has 0 saturated carbocycles. The van der Waals surface area contributed by atoms with Crippen molar-refractivity contribution in [2.24, 2.45) is 4.99 Å². The predicted octanol–water partition coefficient (Wildman–Crippen LogP) is 3.46. The Morgan fingerprint density at radius 2 is 2.11 bits per heavy atom. The fourth-order valence-corrected chi connectivity index (χ4v) is 3.69. The van der Waals surface area contributed by atoms with Crippen molar-refractivity contribution < 1.29 is 4.74 Å². The Bertz CT molecular complexity index is 732. The first-order valence-corrected chi connectivity index (χ1v) is 9.85. The summed E-state index contributed by atoms with van der Waals surface area (Å²) in [6, 6.07) is 10.1. The van der Waals surface area contributed by atoms with Crippen LogP contribution in [0.1, 0.15) is 24.8 Å². The number of aliphatic imine (C=N–C) groups is 1. The smallest absolute Gasteiger partial charge is 0.191 e. The van der Waals surface area contributed by atoms with E-state index in [4.69, 9.17) is 16.3 Å². The maximum atomic E-state index is 6.25. The number of hydrogen-bond acceptors (Lipinski definition) is 3. The van der Waals surface area contributed by atoms with Gasteiger partial charge in [0.1, 0.15) is 0 Å². The highest BCUT2D eigenvalue weighted by molar-refractivity contribution is 14.0. The molecular formula is C20H29ClIN5O. The highest BCUT2D eigenvalue weighted by atomic mass is 127. The van der Waals surface area contributed by atoms with Crippen LogP contribution in [0.15, 0.2) is 47.7 Å². The first-order valence-electron chi connectivity index (χ1n) is 9.48. The number of nitrogens with one attached hydrogen (secondary N) is 2. The molecule has 0 amide bonds. The molecule has 1 aliphatic heterocycles. The molecule has 1 aliphatic rings. The summed E-state index contributed by atoms with van der Waals surface area (Å²) in [6.07, 6.45) is 6.70. The number of aromatic nitrogens is 2. The van der Waals surface area contributed by atoms with E-state index in [2.05, 4.69) is 32.9 Å². The molecule has 6 nitrogen and oxygen atoms in total. The van der Waals surface area contributed by atoms with Crippen LogP contribution in [0, 0.1) is 0 Å². The second-order valence-corrected chi connectivity index (χ2v) is 7.31. The van der Waals surface area contributed by atoms with E-state index >= 15 is 0 Å². The molecule has 1 aromatic carbocycles. The maximum Gasteiger partial charge on any atom is 0.191 e. The van der Waals surface area contributed by atoms with Gasteiger partial charge in [0.15, 0.2) is 5.96 Å². The molecule has 154 valence electrons. The summed E-state index contributed by atoms with van der Waals surface area (Å²) >= 11 is 6.25. The average Bonchev–Trinajstić information content (AvgIpc) is 3.22. The monoisotopic (exact) mass is 517 g/mol. The van der Waals surface area contributed by atoms with E-state index < -0.39 is 0 Å². The molecule has 1 saturated heterocycles. The Morgan fingerprint density at radius 3 is 2.79 bits per heavy atom. The highest BCUT2D eigenvalue weighted by Crippen LogP contribution is 2.35. The predicted molar refractivity (Wildman–Crippen MR) is 125 cm³/mol. The van der Waals surface area contributed by atoms with E-state index in [1.54, 1.807) is 13.2 Å². The zero-order valence-electron chi connectivity index (χ0n) is 16.2. The third kappa shape index (κ3) is 6.35. The van der Waals surface area contributed by atoms with Gasteiger partial charge in [-0.05, 0) is 43.0 Å². The van der Waals surface area contributed by atoms with Crippen molar-refractivity contribution in [3.8, 4) is 0 Å². The number of halogens is 2. The van der Waals surface area contributed by atoms with Crippen LogP contribution in [-0.2, 0) is 16.7 Å². The number of nitrogens with zero attached hydrogens (tertiary/aromatic N) is 3. The standard InChI is InChI=1S/C20H28ClN5O.HI/c1-22-19(23-9-3-11-26-12-4-10-25-26)24-16-20(7-13-27-14-8-20)17-5-2-6-18(21)15-17;/h2,4-6,10,12,15H,3,7-9,11,13-14,16H2,1H3,(H2,22,23,24);1H. The SMILES string of the molecule is CN=C(NCCCn1cccn1)NCC1(c2cccc(Cl)c2)CCOCC1.I. The minimum atomic E-state index is 0. The molecule has 0 aliphatic carbocycles. The molecule has 0 atom stereocenters. The molecule has 8 heteroatoms. The topological polar surface area (TPSA) is 63.5 Å². The average molecular weight is 518 g/mol. The van der Waals surface area contributed by atoms with Crippen molar-refractivity contribution in [2.75, 3.05) is 33.4 Å². The molecule has 0 spiro atoms. The van der Waals surface area contributed by atoms with E-state index in [1.807, 2.05) is 29.1 Å². The van der Waals surface area contributed by atoms with Crippen LogP contribution in [0.3, 0.4) is 0 Å². The van der Waals surface area contributed by atoms with Gasteiger partial charge in [-0.2, -0.15) is 5.10 Å². The molecule has 0 unspecified atom stereocenters. The lowest BCUT2D eigenvalue weighted by molar-refractivity contribution is 0.0514. The number of aryl methyl sites for hydroxylation is 1. The second kappa shape index (κ2) is 11.6. The van der Waals surface area contributed by atoms with Crippen LogP contribution in [-0.4, -0.2) is 49.1 Å². The van der Waals surface area contributed by atoms with Gasteiger partial charge in [-0.1, -0.05) is 23.7 Å². The van der Waals surface area contributed by atoms with Crippen molar-refractivity contribution in [1.82, 2.24) is 20.4 Å². The Balaban J connectivity index is 0.00000280. The van der Waals surface area contributed by atoms with Crippen LogP contribution >= 0.6 is 35.6 Å². The zero-order valence-corrected chi connectivity index (χ0v) is 19.3. The van der Waals surface area contributed by atoms with Gasteiger partial charge in [-0.15, -0.1) is 24.0 Å². The van der Waals surface area contributed by atoms with E-state index in [9.17, 15) is 0 Å². The summed E-state index contributed by atoms with van der Waals surface area (Å²) in [5.41, 5.74) is 1.27. The molecule has 1 fully saturated rings. The number of ether oxygens (including phenoxy) is 1. The van der Waals surface area contributed by atoms with Gasteiger partial charge in [0.05, 0.1) is 0 Å². The maximum absolute atomic E-state index is 6.25. The molecule has 0 bridgehead atoms. The third-order valence-electron chi connectivity index (χ3n) is 5.12. The summed E-state index contributed by atoms with van der Waals surface area (Å²) in [5.74, 6) is 0.823. The Kier molecular flexibility index (Phi) is 9.53. The lowest BCUT2D eigenvalue weighted by Crippen LogP contribution is -2.48. The van der Waals surface area contributed by atoms with Gasteiger partial charge in [-0.3, -0.25) is 9.67 Å². The van der Waals surface area contributed by atoms with Crippen LogP contribution in [0.25, 0.3) is 0 Å². The Morgan fingerprint density at radius 1 is 1.29 bits per heavy atom. The van der Waals surface area contributed by atoms with Crippen molar-refractivity contribution in [2.45, 2.75) is 31.2 Å². The van der Waals surface area contributed by atoms with Crippen molar-refractivity contribution in [3.05, 3.63) is 53.3 Å². The van der Waals surface area contributed by atoms with E-state index in [-0.39, 0.29) is 29.4 Å². The normalized spacial score (nSPS) is 16.3. The van der Waals surface area contributed by atoms with Gasteiger partial charge < -0.3 is 15.4 Å². The largest absolute Gasteiger partial charge is 0.381 e. The number of benzene rings is 1. The molecule has 28 heavy (non-hydrogen) atoms. The fraction of sp³-hybridized carbons (Fsp3) is 0.500. The van der Waals surface area contributed by atoms with E-state index in [0.29, 0.717) is 0 Å². The van der Waals surface area contributed by atoms with Crippen LogP contribution in [0.4, 0.5) is 0 Å². The molecule has 2 aromatic rings. The van der Waals surface area contributed by atoms with Crippen molar-refractivity contribution >= 4 is 41.5 Å². The van der Waals surface area contributed by atoms with Gasteiger partial charge in [-0.25, -0.2) is 0 Å². The highest BCUT2D eigenvalue weighted by Gasteiger charge is 2.34. The molecule has 2 N–H and O–H groups in total. The molecule has 2 heterocycles. The van der Waals surface area contributed by atoms with Gasteiger partial charge in [0.25, 0.3) is 0 Å². The number of guanidine groups is 1. The molecule has 0 radical (unpaired) electrons. The van der Waals surface area contributed by atoms with Crippen molar-refractivity contribution in [1.29, 1.82) is 0 Å². The Labute approximate surface area is 189 Å². The molecule has 1 aromatic heterocycles. The van der Waals surface area contributed by atoms with E-state index in [1.165, 1.54) is 5.56 Å². The van der Waals surface area contributed by atoms with Crippen LogP contribution in [0.2, 0.25) is 5.02 Å². The van der Waals surface area contributed by atoms with E-state index in [0.717, 1.165) is 63.1 Å². The molecule has 3 rings (SSSR count). The van der Waals surface area contributed by atoms with Gasteiger partial charge in [0.2, 0.25) is 0 Å². The van der Waals surface area contributed by atoms with Crippen LogP contribution in [0.5, 0.6) is 0 Å². The summed E-state index contributed by atoms with van der Waals surface area (Å²) < 4.78 is 7.55. The summed E-state index contributed by atoms with van der Waals surface area (Å²) in [7, 11) is 1.80. The quantitative estimate of drug-likeness (QED) is 0.256. The number of hydrogen-bond donors (Lipinski definition) is 2. The van der Waals surface area contributed by atoms with Crippen molar-refractivity contribution in [3.63, 3.8) is 0 Å². The number of rotatable bonds is 7. The zero-order chi connectivity index (χ0) is 19.0. The first kappa shape index (κ1) is 23.0. The lowest BCUT2D eigenvalue weighted by Gasteiger charge is -2.38. The van der Waals surface area contributed by atoms with Gasteiger partial charge in [0, 0.05) is 62.7 Å².